The number of hydrogen-bond donors (Lipinski definition) is 4. The highest BCUT2D eigenvalue weighted by molar-refractivity contribution is 9.09. The molecule has 1 rings (SSSR count). The molecule has 78 valence electrons. The number of anilines is 2. The van der Waals surface area contributed by atoms with Gasteiger partial charge in [-0.3, -0.25) is 0 Å². The van der Waals surface area contributed by atoms with Gasteiger partial charge in [0.2, 0.25) is 0 Å². The zero-order chi connectivity index (χ0) is 10.7. The van der Waals surface area contributed by atoms with Crippen LogP contribution in [0.2, 0.25) is 0 Å². The van der Waals surface area contributed by atoms with Gasteiger partial charge in [-0.1, -0.05) is 28.1 Å². The Morgan fingerprint density at radius 1 is 1.29 bits per heavy atom. The first-order valence-corrected chi connectivity index (χ1v) is 5.26. The maximum absolute atomic E-state index is 9.68. The fourth-order valence-corrected chi connectivity index (χ4v) is 1.51. The summed E-state index contributed by atoms with van der Waals surface area (Å²) in [6.07, 6.45) is -1.91. The third kappa shape index (κ3) is 2.17. The fraction of sp³-hybridized carbons (Fsp3) is 0.333. The smallest absolute Gasteiger partial charge is 0.108 e. The van der Waals surface area contributed by atoms with Crippen molar-refractivity contribution in [1.82, 2.24) is 0 Å². The summed E-state index contributed by atoms with van der Waals surface area (Å²) in [4.78, 5) is 0. The van der Waals surface area contributed by atoms with Crippen molar-refractivity contribution in [2.45, 2.75) is 12.2 Å². The lowest BCUT2D eigenvalue weighted by Gasteiger charge is -2.18. The van der Waals surface area contributed by atoms with E-state index in [-0.39, 0.29) is 5.33 Å². The molecule has 2 atom stereocenters. The van der Waals surface area contributed by atoms with Crippen LogP contribution in [0.5, 0.6) is 0 Å². The molecule has 2 unspecified atom stereocenters. The molecule has 0 aliphatic rings. The molecule has 0 heterocycles. The van der Waals surface area contributed by atoms with Crippen molar-refractivity contribution in [3.63, 3.8) is 0 Å². The summed E-state index contributed by atoms with van der Waals surface area (Å²) < 4.78 is 0. The van der Waals surface area contributed by atoms with E-state index in [4.69, 9.17) is 11.5 Å². The number of para-hydroxylation sites is 1. The summed E-state index contributed by atoms with van der Waals surface area (Å²) in [7, 11) is 0. The molecule has 6 N–H and O–H groups in total. The molecule has 4 nitrogen and oxygen atoms in total. The number of nitrogens with two attached hydrogens (primary N) is 2. The number of aliphatic hydroxyl groups excluding tert-OH is 2. The van der Waals surface area contributed by atoms with Gasteiger partial charge in [-0.2, -0.15) is 0 Å². The second kappa shape index (κ2) is 4.63. The van der Waals surface area contributed by atoms with E-state index in [1.165, 1.54) is 0 Å². The highest BCUT2D eigenvalue weighted by Crippen LogP contribution is 2.27. The molecule has 0 spiro atoms. The Kier molecular flexibility index (Phi) is 3.74. The molecule has 0 aromatic heterocycles. The van der Waals surface area contributed by atoms with E-state index in [1.807, 2.05) is 0 Å². The third-order valence-corrected chi connectivity index (χ3v) is 2.68. The van der Waals surface area contributed by atoms with E-state index in [1.54, 1.807) is 18.2 Å². The monoisotopic (exact) mass is 260 g/mol. The minimum Gasteiger partial charge on any atom is -0.397 e. The van der Waals surface area contributed by atoms with Gasteiger partial charge in [-0.25, -0.2) is 0 Å². The van der Waals surface area contributed by atoms with Crippen LogP contribution in [0.25, 0.3) is 0 Å². The number of hydrogen-bond acceptors (Lipinski definition) is 4. The van der Waals surface area contributed by atoms with Crippen LogP contribution in [-0.4, -0.2) is 21.6 Å². The summed E-state index contributed by atoms with van der Waals surface area (Å²) >= 11 is 3.07. The average Bonchev–Trinajstić information content (AvgIpc) is 2.20. The molecule has 0 radical (unpaired) electrons. The van der Waals surface area contributed by atoms with Gasteiger partial charge in [0.15, 0.2) is 0 Å². The molecule has 5 heteroatoms. The van der Waals surface area contributed by atoms with Crippen LogP contribution in [0.15, 0.2) is 18.2 Å². The Morgan fingerprint density at radius 3 is 2.50 bits per heavy atom. The Morgan fingerprint density at radius 2 is 1.93 bits per heavy atom. The van der Waals surface area contributed by atoms with E-state index in [0.717, 1.165) is 0 Å². The van der Waals surface area contributed by atoms with Crippen LogP contribution >= 0.6 is 15.9 Å². The molecule has 14 heavy (non-hydrogen) atoms. The number of rotatable bonds is 3. The quantitative estimate of drug-likeness (QED) is 0.474. The number of aliphatic hydroxyl groups is 2. The van der Waals surface area contributed by atoms with Gasteiger partial charge in [-0.15, -0.1) is 0 Å². The van der Waals surface area contributed by atoms with E-state index >= 15 is 0 Å². The van der Waals surface area contributed by atoms with Crippen LogP contribution in [0.1, 0.15) is 11.7 Å². The zero-order valence-corrected chi connectivity index (χ0v) is 9.11. The van der Waals surface area contributed by atoms with Crippen LogP contribution in [0.4, 0.5) is 11.4 Å². The molecule has 1 aromatic carbocycles. The van der Waals surface area contributed by atoms with Crippen LogP contribution < -0.4 is 11.5 Å². The Hall–Kier alpha value is -0.780. The summed E-state index contributed by atoms with van der Waals surface area (Å²) in [6.45, 7) is 0. The van der Waals surface area contributed by atoms with Gasteiger partial charge in [0, 0.05) is 10.9 Å². The minimum absolute atomic E-state index is 0.280. The average molecular weight is 261 g/mol. The molecule has 1 aromatic rings. The van der Waals surface area contributed by atoms with Crippen molar-refractivity contribution in [1.29, 1.82) is 0 Å². The molecular weight excluding hydrogens is 248 g/mol. The number of benzene rings is 1. The lowest BCUT2D eigenvalue weighted by atomic mass is 10.0. The second-order valence-electron chi connectivity index (χ2n) is 3.02. The van der Waals surface area contributed by atoms with E-state index in [9.17, 15) is 10.2 Å². The minimum atomic E-state index is -1.02. The maximum atomic E-state index is 9.68. The van der Waals surface area contributed by atoms with Crippen molar-refractivity contribution in [3.8, 4) is 0 Å². The molecule has 0 aliphatic heterocycles. The normalized spacial score (nSPS) is 15.1. The predicted octanol–water partition coefficient (Wildman–Crippen LogP) is 0.640. The fourth-order valence-electron chi connectivity index (χ4n) is 1.15. The number of nitrogen functional groups attached to an aromatic ring is 2. The Labute approximate surface area is 90.7 Å². The maximum Gasteiger partial charge on any atom is 0.108 e. The van der Waals surface area contributed by atoms with Crippen molar-refractivity contribution in [2.24, 2.45) is 0 Å². The van der Waals surface area contributed by atoms with Gasteiger partial charge in [0.25, 0.3) is 0 Å². The summed E-state index contributed by atoms with van der Waals surface area (Å²) in [6, 6.07) is 4.97. The largest absolute Gasteiger partial charge is 0.397 e. The predicted molar refractivity (Wildman–Crippen MR) is 60.0 cm³/mol. The van der Waals surface area contributed by atoms with Crippen molar-refractivity contribution in [2.75, 3.05) is 16.8 Å². The first-order chi connectivity index (χ1) is 6.57. The molecule has 0 bridgehead atoms. The Bertz CT molecular complexity index is 320. The van der Waals surface area contributed by atoms with Crippen LogP contribution in [0.3, 0.4) is 0 Å². The van der Waals surface area contributed by atoms with E-state index in [2.05, 4.69) is 15.9 Å². The van der Waals surface area contributed by atoms with Gasteiger partial charge in [0.1, 0.15) is 6.10 Å². The topological polar surface area (TPSA) is 92.5 Å². The first kappa shape index (κ1) is 11.3. The lowest BCUT2D eigenvalue weighted by Crippen LogP contribution is -2.20. The van der Waals surface area contributed by atoms with Gasteiger partial charge in [0.05, 0.1) is 17.5 Å². The van der Waals surface area contributed by atoms with E-state index in [0.29, 0.717) is 16.9 Å². The highest BCUT2D eigenvalue weighted by Gasteiger charge is 2.19. The summed E-state index contributed by atoms with van der Waals surface area (Å²) in [5, 5.41) is 19.4. The zero-order valence-electron chi connectivity index (χ0n) is 7.52. The van der Waals surface area contributed by atoms with Crippen molar-refractivity contribution >= 4 is 27.3 Å². The SMILES string of the molecule is Nc1cccc(C(O)C(O)CBr)c1N. The van der Waals surface area contributed by atoms with Crippen LogP contribution in [-0.2, 0) is 0 Å². The lowest BCUT2D eigenvalue weighted by molar-refractivity contribution is 0.0347. The molecule has 0 amide bonds. The molecule has 0 fully saturated rings. The van der Waals surface area contributed by atoms with Gasteiger partial charge in [-0.05, 0) is 6.07 Å². The first-order valence-electron chi connectivity index (χ1n) is 4.14. The standard InChI is InChI=1S/C9H13BrN2O2/c10-4-7(13)9(14)5-2-1-3-6(11)8(5)12/h1-3,7,9,13-14H,4,11-12H2. The van der Waals surface area contributed by atoms with Gasteiger partial charge < -0.3 is 21.7 Å². The molecule has 0 saturated carbocycles. The third-order valence-electron chi connectivity index (χ3n) is 2.01. The van der Waals surface area contributed by atoms with Crippen LogP contribution in [0, 0.1) is 0 Å². The molecular formula is C9H13BrN2O2. The van der Waals surface area contributed by atoms with Crippen molar-refractivity contribution < 1.29 is 10.2 Å². The number of alkyl halides is 1. The Balaban J connectivity index is 3.01. The number of halogens is 1. The summed E-state index contributed by atoms with van der Waals surface area (Å²) in [5.74, 6) is 0. The van der Waals surface area contributed by atoms with Crippen molar-refractivity contribution in [3.05, 3.63) is 23.8 Å². The second-order valence-corrected chi connectivity index (χ2v) is 3.66. The molecule has 0 aliphatic carbocycles. The molecule has 0 saturated heterocycles. The summed E-state index contributed by atoms with van der Waals surface area (Å²) in [5.41, 5.74) is 12.4. The van der Waals surface area contributed by atoms with E-state index < -0.39 is 12.2 Å². The highest BCUT2D eigenvalue weighted by atomic mass is 79.9. The van der Waals surface area contributed by atoms with Gasteiger partial charge >= 0.3 is 0 Å².